The summed E-state index contributed by atoms with van der Waals surface area (Å²) in [6.45, 7) is 5.17. The standard InChI is InChI=1S/C18H22FN3O/c1-3-22-17(11-13(2)20-22)18(23)21(16-7-8-16)10-9-14-5-4-6-15(19)12-14/h4-6,11-12,16H,3,7-10H2,1-2H3. The number of nitrogens with zero attached hydrogens (tertiary/aromatic N) is 3. The van der Waals surface area contributed by atoms with Crippen LogP contribution < -0.4 is 0 Å². The van der Waals surface area contributed by atoms with Gasteiger partial charge in [0.2, 0.25) is 0 Å². The highest BCUT2D eigenvalue weighted by atomic mass is 19.1. The lowest BCUT2D eigenvalue weighted by Crippen LogP contribution is -2.36. The Bertz CT molecular complexity index is 706. The first kappa shape index (κ1) is 15.7. The van der Waals surface area contributed by atoms with Crippen LogP contribution in [0.25, 0.3) is 0 Å². The molecule has 0 bridgehead atoms. The van der Waals surface area contributed by atoms with Crippen molar-refractivity contribution in [1.29, 1.82) is 0 Å². The minimum atomic E-state index is -0.230. The van der Waals surface area contributed by atoms with Gasteiger partial charge in [0.05, 0.1) is 5.69 Å². The zero-order valence-electron chi connectivity index (χ0n) is 13.6. The van der Waals surface area contributed by atoms with E-state index < -0.39 is 0 Å². The first-order chi connectivity index (χ1) is 11.1. The van der Waals surface area contributed by atoms with E-state index in [1.165, 1.54) is 12.1 Å². The van der Waals surface area contributed by atoms with E-state index in [-0.39, 0.29) is 11.7 Å². The molecule has 0 unspecified atom stereocenters. The summed E-state index contributed by atoms with van der Waals surface area (Å²) in [7, 11) is 0. The van der Waals surface area contributed by atoms with Gasteiger partial charge in [0.25, 0.3) is 5.91 Å². The fraction of sp³-hybridized carbons (Fsp3) is 0.444. The third-order valence-corrected chi connectivity index (χ3v) is 4.20. The van der Waals surface area contributed by atoms with Gasteiger partial charge in [-0.3, -0.25) is 9.48 Å². The van der Waals surface area contributed by atoms with Crippen LogP contribution in [0.3, 0.4) is 0 Å². The molecule has 0 aliphatic heterocycles. The van der Waals surface area contributed by atoms with Crippen LogP contribution in [0.1, 0.15) is 41.5 Å². The largest absolute Gasteiger partial charge is 0.334 e. The summed E-state index contributed by atoms with van der Waals surface area (Å²) in [5, 5.41) is 4.36. The highest BCUT2D eigenvalue weighted by Gasteiger charge is 2.34. The maximum Gasteiger partial charge on any atom is 0.272 e. The molecular weight excluding hydrogens is 293 g/mol. The second-order valence-corrected chi connectivity index (χ2v) is 6.10. The molecule has 1 aliphatic carbocycles. The van der Waals surface area contributed by atoms with Gasteiger partial charge in [-0.2, -0.15) is 5.10 Å². The van der Waals surface area contributed by atoms with E-state index >= 15 is 0 Å². The van der Waals surface area contributed by atoms with Crippen LogP contribution in [-0.4, -0.2) is 33.2 Å². The van der Waals surface area contributed by atoms with E-state index in [0.717, 1.165) is 24.1 Å². The predicted octanol–water partition coefficient (Wildman–Crippen LogP) is 3.20. The Labute approximate surface area is 135 Å². The van der Waals surface area contributed by atoms with E-state index in [1.807, 2.05) is 30.9 Å². The molecule has 3 rings (SSSR count). The monoisotopic (exact) mass is 315 g/mol. The number of hydrogen-bond acceptors (Lipinski definition) is 2. The predicted molar refractivity (Wildman–Crippen MR) is 86.8 cm³/mol. The zero-order chi connectivity index (χ0) is 16.4. The molecule has 1 aliphatic rings. The Balaban J connectivity index is 1.75. The first-order valence-corrected chi connectivity index (χ1v) is 8.18. The molecular formula is C18H22FN3O. The number of carbonyl (C=O) groups excluding carboxylic acids is 1. The van der Waals surface area contributed by atoms with Gasteiger partial charge in [0.15, 0.2) is 0 Å². The van der Waals surface area contributed by atoms with Crippen molar-refractivity contribution in [3.63, 3.8) is 0 Å². The lowest BCUT2D eigenvalue weighted by Gasteiger charge is -2.22. The van der Waals surface area contributed by atoms with Crippen LogP contribution in [0.5, 0.6) is 0 Å². The average molecular weight is 315 g/mol. The number of aryl methyl sites for hydroxylation is 2. The maximum atomic E-state index is 13.3. The van der Waals surface area contributed by atoms with Gasteiger partial charge in [-0.25, -0.2) is 4.39 Å². The molecule has 0 N–H and O–H groups in total. The molecule has 1 amide bonds. The smallest absolute Gasteiger partial charge is 0.272 e. The summed E-state index contributed by atoms with van der Waals surface area (Å²) >= 11 is 0. The molecule has 1 fully saturated rings. The minimum Gasteiger partial charge on any atom is -0.334 e. The van der Waals surface area contributed by atoms with Gasteiger partial charge in [-0.05, 0) is 56.9 Å². The number of halogens is 1. The van der Waals surface area contributed by atoms with Crippen molar-refractivity contribution >= 4 is 5.91 Å². The molecule has 0 saturated heterocycles. The number of rotatable bonds is 6. The normalized spacial score (nSPS) is 14.0. The molecule has 5 heteroatoms. The summed E-state index contributed by atoms with van der Waals surface area (Å²) in [6, 6.07) is 8.76. The van der Waals surface area contributed by atoms with Crippen LogP contribution in [0.15, 0.2) is 30.3 Å². The van der Waals surface area contributed by atoms with Crippen LogP contribution >= 0.6 is 0 Å². The van der Waals surface area contributed by atoms with Crippen LogP contribution in [0.2, 0.25) is 0 Å². The maximum absolute atomic E-state index is 13.3. The van der Waals surface area contributed by atoms with Crippen LogP contribution in [0.4, 0.5) is 4.39 Å². The lowest BCUT2D eigenvalue weighted by atomic mass is 10.1. The lowest BCUT2D eigenvalue weighted by molar-refractivity contribution is 0.0732. The quantitative estimate of drug-likeness (QED) is 0.821. The van der Waals surface area contributed by atoms with Crippen molar-refractivity contribution in [1.82, 2.24) is 14.7 Å². The SMILES string of the molecule is CCn1nc(C)cc1C(=O)N(CCc1cccc(F)c1)C1CC1. The van der Waals surface area contributed by atoms with Crippen LogP contribution in [0, 0.1) is 12.7 Å². The van der Waals surface area contributed by atoms with E-state index in [1.54, 1.807) is 10.7 Å². The van der Waals surface area contributed by atoms with Gasteiger partial charge in [-0.15, -0.1) is 0 Å². The van der Waals surface area contributed by atoms with Gasteiger partial charge in [0.1, 0.15) is 11.5 Å². The highest BCUT2D eigenvalue weighted by molar-refractivity contribution is 5.93. The van der Waals surface area contributed by atoms with E-state index in [4.69, 9.17) is 0 Å². The van der Waals surface area contributed by atoms with Gasteiger partial charge >= 0.3 is 0 Å². The molecule has 1 aromatic heterocycles. The van der Waals surface area contributed by atoms with Crippen molar-refractivity contribution in [2.75, 3.05) is 6.54 Å². The van der Waals surface area contributed by atoms with E-state index in [2.05, 4.69) is 5.10 Å². The van der Waals surface area contributed by atoms with Crippen LogP contribution in [-0.2, 0) is 13.0 Å². The van der Waals surface area contributed by atoms with Crippen molar-refractivity contribution in [3.8, 4) is 0 Å². The molecule has 0 spiro atoms. The fourth-order valence-electron chi connectivity index (χ4n) is 2.88. The van der Waals surface area contributed by atoms with E-state index in [9.17, 15) is 9.18 Å². The molecule has 0 atom stereocenters. The number of aromatic nitrogens is 2. The number of carbonyl (C=O) groups is 1. The topological polar surface area (TPSA) is 38.1 Å². The number of amides is 1. The summed E-state index contributed by atoms with van der Waals surface area (Å²) in [5.74, 6) is -0.196. The Morgan fingerprint density at radius 2 is 2.17 bits per heavy atom. The third kappa shape index (κ3) is 3.60. The molecule has 2 aromatic rings. The van der Waals surface area contributed by atoms with Crippen molar-refractivity contribution in [2.45, 2.75) is 45.7 Å². The molecule has 122 valence electrons. The molecule has 1 aromatic carbocycles. The highest BCUT2D eigenvalue weighted by Crippen LogP contribution is 2.28. The third-order valence-electron chi connectivity index (χ3n) is 4.20. The Kier molecular flexibility index (Phi) is 4.46. The Morgan fingerprint density at radius 3 is 2.83 bits per heavy atom. The second-order valence-electron chi connectivity index (χ2n) is 6.10. The van der Waals surface area contributed by atoms with Crippen molar-refractivity contribution in [3.05, 3.63) is 53.1 Å². The Morgan fingerprint density at radius 1 is 1.39 bits per heavy atom. The molecule has 1 saturated carbocycles. The van der Waals surface area contributed by atoms with E-state index in [0.29, 0.717) is 31.2 Å². The molecule has 4 nitrogen and oxygen atoms in total. The van der Waals surface area contributed by atoms with Crippen molar-refractivity contribution in [2.24, 2.45) is 0 Å². The Hall–Kier alpha value is -2.17. The van der Waals surface area contributed by atoms with Crippen molar-refractivity contribution < 1.29 is 9.18 Å². The minimum absolute atomic E-state index is 0.0337. The zero-order valence-corrected chi connectivity index (χ0v) is 13.6. The summed E-state index contributed by atoms with van der Waals surface area (Å²) in [6.07, 6.45) is 2.77. The summed E-state index contributed by atoms with van der Waals surface area (Å²) < 4.78 is 15.1. The first-order valence-electron chi connectivity index (χ1n) is 8.18. The van der Waals surface area contributed by atoms with Gasteiger partial charge < -0.3 is 4.90 Å². The molecule has 0 radical (unpaired) electrons. The van der Waals surface area contributed by atoms with Gasteiger partial charge in [-0.1, -0.05) is 12.1 Å². The van der Waals surface area contributed by atoms with Gasteiger partial charge in [0, 0.05) is 19.1 Å². The average Bonchev–Trinajstić information content (AvgIpc) is 3.29. The summed E-state index contributed by atoms with van der Waals surface area (Å²) in [5.41, 5.74) is 2.43. The molecule has 23 heavy (non-hydrogen) atoms. The second kappa shape index (κ2) is 6.52. The molecule has 1 heterocycles. The number of benzene rings is 1. The number of hydrogen-bond donors (Lipinski definition) is 0. The summed E-state index contributed by atoms with van der Waals surface area (Å²) in [4.78, 5) is 14.8. The fourth-order valence-corrected chi connectivity index (χ4v) is 2.88.